The van der Waals surface area contributed by atoms with Crippen molar-refractivity contribution in [1.82, 2.24) is 24.6 Å². The Balaban J connectivity index is 1.40. The predicted octanol–water partition coefficient (Wildman–Crippen LogP) is 3.08. The maximum Gasteiger partial charge on any atom is 0.345 e. The van der Waals surface area contributed by atoms with Crippen molar-refractivity contribution in [3.63, 3.8) is 0 Å². The lowest BCUT2D eigenvalue weighted by molar-refractivity contribution is -0.121. The summed E-state index contributed by atoms with van der Waals surface area (Å²) in [7, 11) is 0. The average molecular weight is 428 g/mol. The van der Waals surface area contributed by atoms with Gasteiger partial charge in [-0.15, -0.1) is 0 Å². The Bertz CT molecular complexity index is 1160. The first-order valence-electron chi connectivity index (χ1n) is 11.0. The molecule has 1 atom stereocenters. The largest absolute Gasteiger partial charge is 0.356 e. The molecule has 2 aromatic heterocycles. The van der Waals surface area contributed by atoms with Gasteiger partial charge in [0.1, 0.15) is 11.6 Å². The van der Waals surface area contributed by atoms with Crippen LogP contribution in [0.4, 0.5) is 4.39 Å². The van der Waals surface area contributed by atoms with Gasteiger partial charge in [0, 0.05) is 36.6 Å². The van der Waals surface area contributed by atoms with Crippen LogP contribution >= 0.6 is 0 Å². The van der Waals surface area contributed by atoms with Gasteiger partial charge in [-0.2, -0.15) is 5.10 Å². The van der Waals surface area contributed by atoms with E-state index in [-0.39, 0.29) is 29.9 Å². The minimum Gasteiger partial charge on any atom is -0.356 e. The number of hydrogen-bond donors (Lipinski definition) is 2. The fourth-order valence-electron chi connectivity index (χ4n) is 4.33. The number of benzene rings is 1. The number of carbonyl (C=O) groups excluding carboxylic acids is 1. The summed E-state index contributed by atoms with van der Waals surface area (Å²) >= 11 is 0. The summed E-state index contributed by atoms with van der Waals surface area (Å²) < 4.78 is 17.3. The third-order valence-corrected chi connectivity index (χ3v) is 6.14. The normalized spacial score (nSPS) is 16.5. The van der Waals surface area contributed by atoms with E-state index in [1.807, 2.05) is 13.0 Å². The van der Waals surface area contributed by atoms with E-state index in [0.29, 0.717) is 37.4 Å². The van der Waals surface area contributed by atoms with Crippen LogP contribution in [-0.2, 0) is 30.7 Å². The molecule has 1 amide bonds. The van der Waals surface area contributed by atoms with E-state index in [9.17, 15) is 14.0 Å². The number of aryl methyl sites for hydroxylation is 3. The molecule has 8 heteroatoms. The number of nitrogens with one attached hydrogen (secondary N) is 2. The minimum absolute atomic E-state index is 0.0139. The van der Waals surface area contributed by atoms with E-state index in [1.165, 1.54) is 6.07 Å². The topological polar surface area (TPSA) is 84.7 Å². The van der Waals surface area contributed by atoms with Crippen LogP contribution in [0.5, 0.6) is 0 Å². The summed E-state index contributed by atoms with van der Waals surface area (Å²) in [4.78, 5) is 28.4. The van der Waals surface area contributed by atoms with Gasteiger partial charge in [-0.3, -0.25) is 9.36 Å². The highest BCUT2D eigenvalue weighted by Gasteiger charge is 2.23. The molecular formula is C23H30FN5O2. The quantitative estimate of drug-likeness (QED) is 0.634. The van der Waals surface area contributed by atoms with Crippen LogP contribution in [-0.4, -0.2) is 31.3 Å². The van der Waals surface area contributed by atoms with Gasteiger partial charge in [-0.1, -0.05) is 26.0 Å². The monoisotopic (exact) mass is 427 g/mol. The molecule has 0 saturated carbocycles. The highest BCUT2D eigenvalue weighted by atomic mass is 19.1. The van der Waals surface area contributed by atoms with Gasteiger partial charge in [-0.25, -0.2) is 13.9 Å². The molecule has 0 radical (unpaired) electrons. The molecule has 166 valence electrons. The molecule has 2 N–H and O–H groups in total. The van der Waals surface area contributed by atoms with Crippen LogP contribution in [0.1, 0.15) is 50.2 Å². The number of hydrogen-bond acceptors (Lipinski definition) is 3. The van der Waals surface area contributed by atoms with Crippen LogP contribution in [0, 0.1) is 18.7 Å². The molecule has 0 fully saturated rings. The molecule has 1 aliphatic rings. The third kappa shape index (κ3) is 4.43. The van der Waals surface area contributed by atoms with E-state index in [2.05, 4.69) is 29.2 Å². The van der Waals surface area contributed by atoms with Crippen molar-refractivity contribution < 1.29 is 9.18 Å². The molecule has 1 aromatic carbocycles. The highest BCUT2D eigenvalue weighted by molar-refractivity contribution is 5.90. The Hall–Kier alpha value is -2.90. The SMILES string of the molecule is Cc1[nH]c2c(F)cccc2c1CC(=O)NC1CCc2nn(CCC(C)C)c(=O)n2CC1. The van der Waals surface area contributed by atoms with Crippen molar-refractivity contribution in [3.05, 3.63) is 51.6 Å². The number of halogens is 1. The standard InChI is InChI=1S/C23H30FN5O2/c1-14(2)9-12-29-23(31)28-11-10-16(7-8-20(28)27-29)26-21(30)13-18-15(3)25-22-17(18)5-4-6-19(22)24/h4-6,14,16,25H,7-13H2,1-3H3,(H,26,30). The molecule has 1 unspecified atom stereocenters. The van der Waals surface area contributed by atoms with Gasteiger partial charge < -0.3 is 10.3 Å². The lowest BCUT2D eigenvalue weighted by Crippen LogP contribution is -2.36. The van der Waals surface area contributed by atoms with Gasteiger partial charge in [0.05, 0.1) is 11.9 Å². The zero-order chi connectivity index (χ0) is 22.1. The first-order chi connectivity index (χ1) is 14.8. The zero-order valence-electron chi connectivity index (χ0n) is 18.4. The second-order valence-corrected chi connectivity index (χ2v) is 8.92. The van der Waals surface area contributed by atoms with Crippen LogP contribution in [0.2, 0.25) is 0 Å². The van der Waals surface area contributed by atoms with E-state index in [0.717, 1.165) is 35.3 Å². The van der Waals surface area contributed by atoms with Crippen molar-refractivity contribution in [1.29, 1.82) is 0 Å². The molecule has 4 rings (SSSR count). The van der Waals surface area contributed by atoms with Crippen LogP contribution in [0.3, 0.4) is 0 Å². The van der Waals surface area contributed by atoms with Crippen molar-refractivity contribution in [2.75, 3.05) is 0 Å². The maximum atomic E-state index is 14.0. The van der Waals surface area contributed by atoms with Crippen molar-refractivity contribution >= 4 is 16.8 Å². The van der Waals surface area contributed by atoms with E-state index >= 15 is 0 Å². The third-order valence-electron chi connectivity index (χ3n) is 6.14. The number of para-hydroxylation sites is 1. The number of H-pyrrole nitrogens is 1. The lowest BCUT2D eigenvalue weighted by Gasteiger charge is -2.16. The molecule has 31 heavy (non-hydrogen) atoms. The lowest BCUT2D eigenvalue weighted by atomic mass is 10.1. The number of carbonyl (C=O) groups is 1. The second kappa shape index (κ2) is 8.69. The minimum atomic E-state index is -0.315. The first-order valence-corrected chi connectivity index (χ1v) is 11.0. The number of aromatic amines is 1. The van der Waals surface area contributed by atoms with Gasteiger partial charge in [0.25, 0.3) is 0 Å². The summed E-state index contributed by atoms with van der Waals surface area (Å²) in [6, 6.07) is 4.89. The van der Waals surface area contributed by atoms with Crippen LogP contribution in [0.15, 0.2) is 23.0 Å². The van der Waals surface area contributed by atoms with Crippen molar-refractivity contribution in [2.45, 2.75) is 72.0 Å². The van der Waals surface area contributed by atoms with Crippen molar-refractivity contribution in [2.24, 2.45) is 5.92 Å². The van der Waals surface area contributed by atoms with Crippen molar-refractivity contribution in [3.8, 4) is 0 Å². The molecule has 0 spiro atoms. The molecule has 1 aliphatic heterocycles. The Kier molecular flexibility index (Phi) is 5.98. The van der Waals surface area contributed by atoms with E-state index in [1.54, 1.807) is 15.3 Å². The van der Waals surface area contributed by atoms with Gasteiger partial charge in [-0.05, 0) is 43.7 Å². The zero-order valence-corrected chi connectivity index (χ0v) is 18.4. The average Bonchev–Trinajstić information content (AvgIpc) is 3.11. The van der Waals surface area contributed by atoms with Gasteiger partial charge >= 0.3 is 5.69 Å². The summed E-state index contributed by atoms with van der Waals surface area (Å²) in [6.45, 7) is 7.32. The van der Waals surface area contributed by atoms with Gasteiger partial charge in [0.2, 0.25) is 5.91 Å². The molecule has 3 aromatic rings. The Morgan fingerprint density at radius 2 is 2.16 bits per heavy atom. The van der Waals surface area contributed by atoms with Crippen LogP contribution < -0.4 is 11.0 Å². The number of rotatable bonds is 6. The predicted molar refractivity (Wildman–Crippen MR) is 118 cm³/mol. The maximum absolute atomic E-state index is 14.0. The molecule has 0 aliphatic carbocycles. The summed E-state index contributed by atoms with van der Waals surface area (Å²) in [6.07, 6.45) is 3.21. The number of fused-ring (bicyclic) bond motifs is 2. The Morgan fingerprint density at radius 1 is 1.35 bits per heavy atom. The fourth-order valence-corrected chi connectivity index (χ4v) is 4.33. The highest BCUT2D eigenvalue weighted by Crippen LogP contribution is 2.25. The van der Waals surface area contributed by atoms with Gasteiger partial charge in [0.15, 0.2) is 0 Å². The molecular weight excluding hydrogens is 397 g/mol. The fraction of sp³-hybridized carbons (Fsp3) is 0.522. The molecule has 3 heterocycles. The number of aromatic nitrogens is 4. The second-order valence-electron chi connectivity index (χ2n) is 8.92. The number of amides is 1. The summed E-state index contributed by atoms with van der Waals surface area (Å²) in [5, 5.41) is 8.38. The van der Waals surface area contributed by atoms with E-state index < -0.39 is 0 Å². The Morgan fingerprint density at radius 3 is 2.94 bits per heavy atom. The Labute approximate surface area is 180 Å². The summed E-state index contributed by atoms with van der Waals surface area (Å²) in [5.74, 6) is 0.912. The summed E-state index contributed by atoms with van der Waals surface area (Å²) in [5.41, 5.74) is 2.01. The molecule has 0 bridgehead atoms. The number of nitrogens with zero attached hydrogens (tertiary/aromatic N) is 3. The molecule has 7 nitrogen and oxygen atoms in total. The first kappa shape index (κ1) is 21.3. The van der Waals surface area contributed by atoms with E-state index in [4.69, 9.17) is 0 Å². The molecule has 0 saturated heterocycles. The van der Waals surface area contributed by atoms with Crippen LogP contribution in [0.25, 0.3) is 10.9 Å². The smallest absolute Gasteiger partial charge is 0.345 e.